The standard InChI is InChI=1S/C23H28FN5O3/c1-15(29-17(3)26-16(2)27-29)14-25-22(30)23(8-10-31-11-9-23)13-18-12-21(28-32-18)19-6-4-5-7-20(19)24/h4-7,12,15H,8-11,13-14H2,1-3H3,(H,25,30)/t15-/m1/s1. The van der Waals surface area contributed by atoms with Gasteiger partial charge in [0.25, 0.3) is 0 Å². The number of aromatic nitrogens is 4. The Morgan fingerprint density at radius 1 is 1.28 bits per heavy atom. The second-order valence-corrected chi connectivity index (χ2v) is 8.44. The van der Waals surface area contributed by atoms with Gasteiger partial charge in [0.05, 0.1) is 11.5 Å². The van der Waals surface area contributed by atoms with Crippen LogP contribution < -0.4 is 5.32 Å². The third-order valence-electron chi connectivity index (χ3n) is 6.04. The fourth-order valence-corrected chi connectivity index (χ4v) is 4.24. The average Bonchev–Trinajstić information content (AvgIpc) is 3.38. The highest BCUT2D eigenvalue weighted by molar-refractivity contribution is 5.83. The number of benzene rings is 1. The van der Waals surface area contributed by atoms with Gasteiger partial charge in [-0.05, 0) is 45.7 Å². The predicted molar refractivity (Wildman–Crippen MR) is 115 cm³/mol. The van der Waals surface area contributed by atoms with Gasteiger partial charge in [-0.1, -0.05) is 17.3 Å². The van der Waals surface area contributed by atoms with Crippen molar-refractivity contribution in [2.24, 2.45) is 5.41 Å². The van der Waals surface area contributed by atoms with E-state index in [1.165, 1.54) is 6.07 Å². The highest BCUT2D eigenvalue weighted by atomic mass is 19.1. The number of carbonyl (C=O) groups is 1. The van der Waals surface area contributed by atoms with Crippen LogP contribution >= 0.6 is 0 Å². The summed E-state index contributed by atoms with van der Waals surface area (Å²) in [6, 6.07) is 8.10. The first-order valence-corrected chi connectivity index (χ1v) is 10.8. The van der Waals surface area contributed by atoms with Gasteiger partial charge in [-0.2, -0.15) is 5.10 Å². The molecule has 0 unspecified atom stereocenters. The smallest absolute Gasteiger partial charge is 0.226 e. The molecular formula is C23H28FN5O3. The number of hydrogen-bond acceptors (Lipinski definition) is 6. The first-order chi connectivity index (χ1) is 15.4. The zero-order valence-corrected chi connectivity index (χ0v) is 18.6. The summed E-state index contributed by atoms with van der Waals surface area (Å²) in [5.41, 5.74) is 0.129. The summed E-state index contributed by atoms with van der Waals surface area (Å²) < 4.78 is 27.0. The lowest BCUT2D eigenvalue weighted by molar-refractivity contribution is -0.137. The zero-order chi connectivity index (χ0) is 22.7. The van der Waals surface area contributed by atoms with Gasteiger partial charge in [0.2, 0.25) is 5.91 Å². The lowest BCUT2D eigenvalue weighted by Crippen LogP contribution is -2.47. The predicted octanol–water partition coefficient (Wildman–Crippen LogP) is 3.41. The van der Waals surface area contributed by atoms with Crippen molar-refractivity contribution in [3.8, 4) is 11.3 Å². The first kappa shape index (κ1) is 22.1. The molecule has 0 spiro atoms. The highest BCUT2D eigenvalue weighted by Crippen LogP contribution is 2.36. The Morgan fingerprint density at radius 2 is 2.03 bits per heavy atom. The largest absolute Gasteiger partial charge is 0.381 e. The maximum Gasteiger partial charge on any atom is 0.226 e. The molecule has 1 aliphatic heterocycles. The van der Waals surface area contributed by atoms with Crippen LogP contribution in [0.5, 0.6) is 0 Å². The van der Waals surface area contributed by atoms with Crippen molar-refractivity contribution in [3.63, 3.8) is 0 Å². The number of carbonyl (C=O) groups excluding carboxylic acids is 1. The van der Waals surface area contributed by atoms with E-state index in [0.29, 0.717) is 61.9 Å². The second-order valence-electron chi connectivity index (χ2n) is 8.44. The minimum Gasteiger partial charge on any atom is -0.381 e. The van der Waals surface area contributed by atoms with Crippen LogP contribution in [0.4, 0.5) is 4.39 Å². The molecule has 1 aromatic carbocycles. The van der Waals surface area contributed by atoms with Gasteiger partial charge in [0, 0.05) is 37.8 Å². The van der Waals surface area contributed by atoms with Crippen LogP contribution in [0.15, 0.2) is 34.9 Å². The molecule has 1 aliphatic rings. The molecule has 1 N–H and O–H groups in total. The monoisotopic (exact) mass is 441 g/mol. The van der Waals surface area contributed by atoms with Crippen LogP contribution in [0.2, 0.25) is 0 Å². The summed E-state index contributed by atoms with van der Waals surface area (Å²) in [6.07, 6.45) is 1.52. The Bertz CT molecular complexity index is 1090. The van der Waals surface area contributed by atoms with E-state index in [1.54, 1.807) is 24.3 Å². The molecule has 170 valence electrons. The molecular weight excluding hydrogens is 413 g/mol. The topological polar surface area (TPSA) is 95.1 Å². The molecule has 32 heavy (non-hydrogen) atoms. The number of ether oxygens (including phenoxy) is 1. The molecule has 1 saturated heterocycles. The normalized spacial score (nSPS) is 16.6. The van der Waals surface area contributed by atoms with E-state index in [9.17, 15) is 9.18 Å². The maximum atomic E-state index is 14.1. The lowest BCUT2D eigenvalue weighted by Gasteiger charge is -2.35. The Labute approximate surface area is 186 Å². The quantitative estimate of drug-likeness (QED) is 0.604. The molecule has 0 saturated carbocycles. The third kappa shape index (κ3) is 4.57. The molecule has 9 heteroatoms. The Morgan fingerprint density at radius 3 is 2.72 bits per heavy atom. The van der Waals surface area contributed by atoms with Crippen molar-refractivity contribution in [2.75, 3.05) is 19.8 Å². The Kier molecular flexibility index (Phi) is 6.36. The summed E-state index contributed by atoms with van der Waals surface area (Å²) in [5.74, 6) is 1.66. The van der Waals surface area contributed by atoms with Crippen LogP contribution in [0, 0.1) is 25.1 Å². The summed E-state index contributed by atoms with van der Waals surface area (Å²) in [4.78, 5) is 17.7. The van der Waals surface area contributed by atoms with Crippen molar-refractivity contribution in [2.45, 2.75) is 46.1 Å². The van der Waals surface area contributed by atoms with Gasteiger partial charge >= 0.3 is 0 Å². The molecule has 3 heterocycles. The Balaban J connectivity index is 1.48. The molecule has 8 nitrogen and oxygen atoms in total. The van der Waals surface area contributed by atoms with Gasteiger partial charge in [-0.15, -0.1) is 0 Å². The van der Waals surface area contributed by atoms with Crippen LogP contribution in [-0.4, -0.2) is 45.6 Å². The number of amides is 1. The van der Waals surface area contributed by atoms with Crippen molar-refractivity contribution in [3.05, 3.63) is 53.6 Å². The van der Waals surface area contributed by atoms with Gasteiger partial charge in [-0.25, -0.2) is 14.1 Å². The molecule has 4 rings (SSSR count). The second kappa shape index (κ2) is 9.20. The van der Waals surface area contributed by atoms with E-state index < -0.39 is 5.41 Å². The summed E-state index contributed by atoms with van der Waals surface area (Å²) in [7, 11) is 0. The first-order valence-electron chi connectivity index (χ1n) is 10.8. The molecule has 1 atom stereocenters. The molecule has 2 aromatic heterocycles. The van der Waals surface area contributed by atoms with E-state index in [2.05, 4.69) is 20.6 Å². The van der Waals surface area contributed by atoms with Crippen LogP contribution in [0.3, 0.4) is 0 Å². The average molecular weight is 442 g/mol. The fourth-order valence-electron chi connectivity index (χ4n) is 4.24. The van der Waals surface area contributed by atoms with Crippen molar-refractivity contribution >= 4 is 5.91 Å². The molecule has 3 aromatic rings. The van der Waals surface area contributed by atoms with Crippen molar-refractivity contribution in [1.82, 2.24) is 25.2 Å². The molecule has 1 amide bonds. The van der Waals surface area contributed by atoms with Gasteiger partial charge in [0.15, 0.2) is 0 Å². The zero-order valence-electron chi connectivity index (χ0n) is 18.6. The van der Waals surface area contributed by atoms with Gasteiger partial charge in [-0.3, -0.25) is 4.79 Å². The molecule has 0 aliphatic carbocycles. The number of halogens is 1. The maximum absolute atomic E-state index is 14.1. The van der Waals surface area contributed by atoms with Crippen molar-refractivity contribution < 1.29 is 18.4 Å². The lowest BCUT2D eigenvalue weighted by atomic mass is 9.75. The number of hydrogen-bond donors (Lipinski definition) is 1. The van der Waals surface area contributed by atoms with Gasteiger partial charge in [0.1, 0.15) is 28.9 Å². The summed E-state index contributed by atoms with van der Waals surface area (Å²) in [6.45, 7) is 7.17. The van der Waals surface area contributed by atoms with E-state index in [-0.39, 0.29) is 17.8 Å². The highest BCUT2D eigenvalue weighted by Gasteiger charge is 2.41. The fraction of sp³-hybridized carbons (Fsp3) is 0.478. The van der Waals surface area contributed by atoms with E-state index in [1.807, 2.05) is 25.5 Å². The summed E-state index contributed by atoms with van der Waals surface area (Å²) in [5, 5.41) is 11.5. The van der Waals surface area contributed by atoms with Crippen LogP contribution in [0.1, 0.15) is 43.2 Å². The molecule has 1 fully saturated rings. The van der Waals surface area contributed by atoms with Gasteiger partial charge < -0.3 is 14.6 Å². The van der Waals surface area contributed by atoms with Crippen LogP contribution in [0.25, 0.3) is 11.3 Å². The minimum absolute atomic E-state index is 0.0324. The van der Waals surface area contributed by atoms with Crippen LogP contribution in [-0.2, 0) is 16.0 Å². The van der Waals surface area contributed by atoms with E-state index in [4.69, 9.17) is 9.26 Å². The number of nitrogens with zero attached hydrogens (tertiary/aromatic N) is 4. The van der Waals surface area contributed by atoms with E-state index >= 15 is 0 Å². The third-order valence-corrected chi connectivity index (χ3v) is 6.04. The summed E-state index contributed by atoms with van der Waals surface area (Å²) >= 11 is 0. The molecule has 0 bridgehead atoms. The minimum atomic E-state index is -0.669. The van der Waals surface area contributed by atoms with E-state index in [0.717, 1.165) is 5.82 Å². The number of rotatable bonds is 7. The number of aryl methyl sites for hydroxylation is 2. The molecule has 0 radical (unpaired) electrons. The SMILES string of the molecule is Cc1nc(C)n([C@H](C)CNC(=O)C2(Cc3cc(-c4ccccc4F)no3)CCOCC2)n1. The van der Waals surface area contributed by atoms with Crippen molar-refractivity contribution in [1.29, 1.82) is 0 Å². The Hall–Kier alpha value is -3.07. The number of nitrogens with one attached hydrogen (secondary N) is 1.